The third-order valence-electron chi connectivity index (χ3n) is 2.58. The maximum absolute atomic E-state index is 11.8. The summed E-state index contributed by atoms with van der Waals surface area (Å²) in [5.41, 5.74) is 1.28. The van der Waals surface area contributed by atoms with Crippen LogP contribution in [0, 0.1) is 11.8 Å². The zero-order chi connectivity index (χ0) is 14.3. The van der Waals surface area contributed by atoms with Crippen LogP contribution in [0.15, 0.2) is 24.3 Å². The molecule has 0 bridgehead atoms. The number of aliphatic hydroxyl groups is 1. The molecule has 1 aromatic carbocycles. The SMILES string of the molecule is CC(CNC(=O)c1ccc(C#CCO)cc1)S(C)=O. The summed E-state index contributed by atoms with van der Waals surface area (Å²) in [6, 6.07) is 6.78. The van der Waals surface area contributed by atoms with Crippen LogP contribution in [-0.4, -0.2) is 39.9 Å². The fourth-order valence-electron chi connectivity index (χ4n) is 1.30. The Bertz CT molecular complexity index is 514. The van der Waals surface area contributed by atoms with E-state index in [9.17, 15) is 9.00 Å². The summed E-state index contributed by atoms with van der Waals surface area (Å²) in [5, 5.41) is 11.2. The molecule has 0 aliphatic carbocycles. The van der Waals surface area contributed by atoms with Crippen molar-refractivity contribution in [2.45, 2.75) is 12.2 Å². The van der Waals surface area contributed by atoms with Gasteiger partial charge in [-0.05, 0) is 31.2 Å². The van der Waals surface area contributed by atoms with Gasteiger partial charge in [-0.25, -0.2) is 0 Å². The molecular formula is C14H17NO3S. The number of aliphatic hydroxyl groups excluding tert-OH is 1. The lowest BCUT2D eigenvalue weighted by Gasteiger charge is -2.09. The van der Waals surface area contributed by atoms with E-state index in [1.165, 1.54) is 0 Å². The number of carbonyl (C=O) groups excluding carboxylic acids is 1. The molecule has 0 aliphatic rings. The van der Waals surface area contributed by atoms with Crippen molar-refractivity contribution >= 4 is 16.7 Å². The average molecular weight is 279 g/mol. The van der Waals surface area contributed by atoms with E-state index in [2.05, 4.69) is 17.2 Å². The molecule has 0 heterocycles. The first-order valence-electron chi connectivity index (χ1n) is 5.85. The van der Waals surface area contributed by atoms with Crippen LogP contribution in [0.4, 0.5) is 0 Å². The summed E-state index contributed by atoms with van der Waals surface area (Å²) in [7, 11) is -0.947. The Morgan fingerprint density at radius 1 is 1.42 bits per heavy atom. The van der Waals surface area contributed by atoms with Gasteiger partial charge in [-0.15, -0.1) is 0 Å². The summed E-state index contributed by atoms with van der Waals surface area (Å²) in [4.78, 5) is 11.8. The zero-order valence-electron chi connectivity index (χ0n) is 11.0. The minimum atomic E-state index is -0.947. The van der Waals surface area contributed by atoms with E-state index in [1.807, 2.05) is 6.92 Å². The molecule has 0 radical (unpaired) electrons. The van der Waals surface area contributed by atoms with E-state index < -0.39 is 10.8 Å². The van der Waals surface area contributed by atoms with E-state index in [0.29, 0.717) is 12.1 Å². The lowest BCUT2D eigenvalue weighted by molar-refractivity contribution is 0.0954. The van der Waals surface area contributed by atoms with E-state index in [-0.39, 0.29) is 17.8 Å². The summed E-state index contributed by atoms with van der Waals surface area (Å²) < 4.78 is 11.2. The Hall–Kier alpha value is -1.64. The van der Waals surface area contributed by atoms with Gasteiger partial charge in [0.1, 0.15) is 6.61 Å². The number of benzene rings is 1. The lowest BCUT2D eigenvalue weighted by atomic mass is 10.1. The average Bonchev–Trinajstić information content (AvgIpc) is 2.42. The first-order chi connectivity index (χ1) is 9.04. The van der Waals surface area contributed by atoms with Gasteiger partial charge in [-0.2, -0.15) is 0 Å². The van der Waals surface area contributed by atoms with Crippen LogP contribution in [0.5, 0.6) is 0 Å². The summed E-state index contributed by atoms with van der Waals surface area (Å²) >= 11 is 0. The van der Waals surface area contributed by atoms with Gasteiger partial charge in [0.2, 0.25) is 0 Å². The van der Waals surface area contributed by atoms with Gasteiger partial charge >= 0.3 is 0 Å². The monoisotopic (exact) mass is 279 g/mol. The van der Waals surface area contributed by atoms with Gasteiger partial charge in [0, 0.05) is 40.0 Å². The van der Waals surface area contributed by atoms with Crippen molar-refractivity contribution < 1.29 is 14.1 Å². The maximum Gasteiger partial charge on any atom is 0.251 e. The topological polar surface area (TPSA) is 66.4 Å². The fraction of sp³-hybridized carbons (Fsp3) is 0.357. The molecule has 19 heavy (non-hydrogen) atoms. The molecule has 1 aromatic rings. The highest BCUT2D eigenvalue weighted by Gasteiger charge is 2.09. The van der Waals surface area contributed by atoms with Gasteiger partial charge in [-0.1, -0.05) is 11.8 Å². The van der Waals surface area contributed by atoms with Gasteiger partial charge in [-0.3, -0.25) is 9.00 Å². The molecule has 102 valence electrons. The third-order valence-corrected chi connectivity index (χ3v) is 3.88. The highest BCUT2D eigenvalue weighted by atomic mass is 32.2. The fourth-order valence-corrected chi connectivity index (χ4v) is 1.62. The molecule has 1 amide bonds. The first kappa shape index (κ1) is 15.4. The predicted octanol–water partition coefficient (Wildman–Crippen LogP) is 0.527. The molecule has 0 aliphatic heterocycles. The van der Waals surface area contributed by atoms with E-state index in [4.69, 9.17) is 5.11 Å². The lowest BCUT2D eigenvalue weighted by Crippen LogP contribution is -2.32. The van der Waals surface area contributed by atoms with Crippen molar-refractivity contribution in [3.05, 3.63) is 35.4 Å². The van der Waals surface area contributed by atoms with Crippen LogP contribution < -0.4 is 5.32 Å². The molecule has 2 unspecified atom stereocenters. The van der Waals surface area contributed by atoms with Crippen LogP contribution in [-0.2, 0) is 10.8 Å². The number of hydrogen-bond acceptors (Lipinski definition) is 3. The maximum atomic E-state index is 11.8. The second-order valence-electron chi connectivity index (χ2n) is 4.06. The van der Waals surface area contributed by atoms with Crippen molar-refractivity contribution in [3.8, 4) is 11.8 Å². The molecule has 0 aromatic heterocycles. The van der Waals surface area contributed by atoms with Gasteiger partial charge in [0.15, 0.2) is 0 Å². The Labute approximate surface area is 115 Å². The Balaban J connectivity index is 2.60. The highest BCUT2D eigenvalue weighted by molar-refractivity contribution is 7.84. The summed E-state index contributed by atoms with van der Waals surface area (Å²) in [5.74, 6) is 5.10. The Kier molecular flexibility index (Phi) is 6.26. The number of rotatable bonds is 4. The molecule has 2 atom stereocenters. The Morgan fingerprint density at radius 3 is 2.58 bits per heavy atom. The first-order valence-corrected chi connectivity index (χ1v) is 7.47. The van der Waals surface area contributed by atoms with Crippen molar-refractivity contribution in [2.24, 2.45) is 0 Å². The highest BCUT2D eigenvalue weighted by Crippen LogP contribution is 2.03. The van der Waals surface area contributed by atoms with E-state index in [0.717, 1.165) is 5.56 Å². The molecule has 1 rings (SSSR count). The zero-order valence-corrected chi connectivity index (χ0v) is 11.8. The molecule has 4 nitrogen and oxygen atoms in total. The normalized spacial score (nSPS) is 13.0. The standard InChI is InChI=1S/C14H17NO3S/c1-11(19(2)18)10-15-14(17)13-7-5-12(6-8-13)4-3-9-16/h5-8,11,16H,9-10H2,1-2H3,(H,15,17). The smallest absolute Gasteiger partial charge is 0.251 e. The van der Waals surface area contributed by atoms with Crippen LogP contribution in [0.1, 0.15) is 22.8 Å². The molecule has 0 spiro atoms. The number of amides is 1. The van der Waals surface area contributed by atoms with Gasteiger partial charge in [0.25, 0.3) is 5.91 Å². The van der Waals surface area contributed by atoms with Crippen LogP contribution >= 0.6 is 0 Å². The molecule has 0 saturated carbocycles. The summed E-state index contributed by atoms with van der Waals surface area (Å²) in [6.45, 7) is 2.02. The van der Waals surface area contributed by atoms with Crippen molar-refractivity contribution in [1.29, 1.82) is 0 Å². The van der Waals surface area contributed by atoms with Crippen molar-refractivity contribution in [1.82, 2.24) is 5.32 Å². The minimum absolute atomic E-state index is 0.0707. The second kappa shape index (κ2) is 7.72. The molecule has 2 N–H and O–H groups in total. The molecule has 0 fully saturated rings. The molecule has 0 saturated heterocycles. The predicted molar refractivity (Wildman–Crippen MR) is 76.3 cm³/mol. The van der Waals surface area contributed by atoms with E-state index >= 15 is 0 Å². The van der Waals surface area contributed by atoms with Crippen LogP contribution in [0.25, 0.3) is 0 Å². The number of hydrogen-bond donors (Lipinski definition) is 2. The molecular weight excluding hydrogens is 262 g/mol. The number of nitrogens with one attached hydrogen (secondary N) is 1. The third kappa shape index (κ3) is 5.25. The number of carbonyl (C=O) groups is 1. The second-order valence-corrected chi connectivity index (χ2v) is 5.86. The summed E-state index contributed by atoms with van der Waals surface area (Å²) in [6.07, 6.45) is 1.62. The van der Waals surface area contributed by atoms with Crippen LogP contribution in [0.3, 0.4) is 0 Å². The quantitative estimate of drug-likeness (QED) is 0.790. The van der Waals surface area contributed by atoms with Gasteiger partial charge in [0.05, 0.1) is 0 Å². The Morgan fingerprint density at radius 2 is 2.05 bits per heavy atom. The largest absolute Gasteiger partial charge is 0.384 e. The van der Waals surface area contributed by atoms with Crippen molar-refractivity contribution in [3.63, 3.8) is 0 Å². The van der Waals surface area contributed by atoms with Gasteiger partial charge < -0.3 is 10.4 Å². The molecule has 5 heteroatoms. The van der Waals surface area contributed by atoms with E-state index in [1.54, 1.807) is 30.5 Å². The van der Waals surface area contributed by atoms with Crippen LogP contribution in [0.2, 0.25) is 0 Å². The van der Waals surface area contributed by atoms with Crippen molar-refractivity contribution in [2.75, 3.05) is 19.4 Å². The minimum Gasteiger partial charge on any atom is -0.384 e.